The van der Waals surface area contributed by atoms with E-state index in [1.54, 1.807) is 78.1 Å². The second kappa shape index (κ2) is 21.0. The summed E-state index contributed by atoms with van der Waals surface area (Å²) in [4.78, 5) is 22.3. The van der Waals surface area contributed by atoms with Gasteiger partial charge in [0.2, 0.25) is 5.88 Å². The number of aromatic nitrogens is 2. The lowest BCUT2D eigenvalue weighted by Crippen LogP contribution is -2.16. The number of methoxy groups -OCH3 is 5. The first-order chi connectivity index (χ1) is 29.2. The van der Waals surface area contributed by atoms with E-state index in [0.29, 0.717) is 98.4 Å². The third kappa shape index (κ3) is 10.7. The number of nitrogens with zero attached hydrogens (tertiary/aromatic N) is 2. The van der Waals surface area contributed by atoms with E-state index in [1.807, 2.05) is 54.6 Å². The summed E-state index contributed by atoms with van der Waals surface area (Å²) < 4.78 is 33.2. The minimum Gasteiger partial charge on any atom is -0.493 e. The molecule has 12 nitrogen and oxygen atoms in total. The van der Waals surface area contributed by atoms with Gasteiger partial charge in [0.1, 0.15) is 23.7 Å². The maximum Gasteiger partial charge on any atom is 0.274 e. The number of halogens is 3. The molecule has 0 saturated heterocycles. The number of anilines is 1. The molecular weight excluding hydrogens is 829 g/mol. The van der Waals surface area contributed by atoms with E-state index in [-0.39, 0.29) is 12.3 Å². The van der Waals surface area contributed by atoms with Crippen LogP contribution in [0.3, 0.4) is 0 Å². The number of rotatable bonds is 19. The minimum absolute atomic E-state index is 0.0152. The summed E-state index contributed by atoms with van der Waals surface area (Å²) in [6, 6.07) is 27.5. The zero-order valence-electron chi connectivity index (χ0n) is 33.7. The van der Waals surface area contributed by atoms with Gasteiger partial charge in [-0.25, -0.2) is 4.98 Å². The third-order valence-corrected chi connectivity index (χ3v) is 10.5. The molecule has 2 aromatic heterocycles. The lowest BCUT2D eigenvalue weighted by molar-refractivity contribution is 0.102. The number of benzene rings is 4. The molecule has 0 aliphatic carbocycles. The van der Waals surface area contributed by atoms with E-state index in [4.69, 9.17) is 63.2 Å². The van der Waals surface area contributed by atoms with Gasteiger partial charge in [0.25, 0.3) is 5.91 Å². The Balaban J connectivity index is 1.06. The summed E-state index contributed by atoms with van der Waals surface area (Å²) in [7, 11) is 7.96. The van der Waals surface area contributed by atoms with Crippen molar-refractivity contribution in [1.29, 1.82) is 0 Å². The predicted octanol–water partition coefficient (Wildman–Crippen LogP) is 9.56. The number of hydrogen-bond acceptors (Lipinski definition) is 11. The van der Waals surface area contributed by atoms with Crippen molar-refractivity contribution in [3.63, 3.8) is 0 Å². The highest BCUT2D eigenvalue weighted by Gasteiger charge is 2.18. The van der Waals surface area contributed by atoms with E-state index >= 15 is 0 Å². The highest BCUT2D eigenvalue weighted by molar-refractivity contribution is 6.39. The van der Waals surface area contributed by atoms with E-state index in [2.05, 4.69) is 25.9 Å². The number of hydrogen-bond donors (Lipinski definition) is 3. The van der Waals surface area contributed by atoms with E-state index < -0.39 is 5.91 Å². The molecule has 0 saturated carbocycles. The van der Waals surface area contributed by atoms with E-state index in [9.17, 15) is 4.79 Å². The van der Waals surface area contributed by atoms with Crippen molar-refractivity contribution in [1.82, 2.24) is 20.6 Å². The van der Waals surface area contributed by atoms with Crippen LogP contribution in [0.4, 0.5) is 5.69 Å². The summed E-state index contributed by atoms with van der Waals surface area (Å²) in [5.41, 5.74) is 6.03. The minimum atomic E-state index is -0.415. The molecule has 4 aromatic carbocycles. The van der Waals surface area contributed by atoms with Gasteiger partial charge in [-0.1, -0.05) is 77.3 Å². The second-order valence-electron chi connectivity index (χ2n) is 13.3. The number of ether oxygens (including phenoxy) is 6. The molecule has 0 aliphatic heterocycles. The van der Waals surface area contributed by atoms with Crippen molar-refractivity contribution < 1.29 is 33.2 Å². The predicted molar refractivity (Wildman–Crippen MR) is 234 cm³/mol. The lowest BCUT2D eigenvalue weighted by atomic mass is 10.0. The van der Waals surface area contributed by atoms with E-state index in [1.165, 1.54) is 0 Å². The molecule has 60 heavy (non-hydrogen) atoms. The fraction of sp³-hybridized carbons (Fsp3) is 0.222. The largest absolute Gasteiger partial charge is 0.493 e. The fourth-order valence-corrected chi connectivity index (χ4v) is 7.07. The Kier molecular flexibility index (Phi) is 15.3. The van der Waals surface area contributed by atoms with Crippen LogP contribution in [-0.2, 0) is 32.8 Å². The van der Waals surface area contributed by atoms with Gasteiger partial charge in [0, 0.05) is 49.1 Å². The molecule has 2 heterocycles. The van der Waals surface area contributed by atoms with Gasteiger partial charge in [0.05, 0.1) is 56.3 Å². The van der Waals surface area contributed by atoms with Crippen LogP contribution in [-0.4, -0.2) is 51.4 Å². The van der Waals surface area contributed by atoms with Crippen LogP contribution in [0, 0.1) is 0 Å². The molecule has 0 bridgehead atoms. The Morgan fingerprint density at radius 2 is 1.18 bits per heavy atom. The first kappa shape index (κ1) is 43.8. The van der Waals surface area contributed by atoms with Gasteiger partial charge < -0.3 is 44.4 Å². The standard InChI is InChI=1S/C45H44Cl3N5O7/c1-55-37-16-13-27(18-40(37)57-3)21-49-23-29-12-15-35(51-24-29)44(54)52-34-10-6-8-31(42(34)47)32-9-7-11-39(43(32)48)60-26-36-33(46)20-30(45(53-36)59-5)25-50-22-28-14-17-38(56-2)41(19-28)58-4/h6-20,24,49-50H,21-23,25-26H2,1-5H3,(H,52,54). The molecule has 1 amide bonds. The van der Waals surface area contributed by atoms with Crippen LogP contribution in [0.1, 0.15) is 38.4 Å². The van der Waals surface area contributed by atoms with Crippen LogP contribution in [0.25, 0.3) is 11.1 Å². The van der Waals surface area contributed by atoms with Gasteiger partial charge in [0.15, 0.2) is 23.0 Å². The molecule has 6 aromatic rings. The number of pyridine rings is 2. The van der Waals surface area contributed by atoms with Crippen molar-refractivity contribution in [3.05, 3.63) is 146 Å². The van der Waals surface area contributed by atoms with Crippen LogP contribution in [0.2, 0.25) is 15.1 Å². The summed E-state index contributed by atoms with van der Waals surface area (Å²) in [6.45, 7) is 2.18. The Morgan fingerprint density at radius 3 is 1.78 bits per heavy atom. The first-order valence-corrected chi connectivity index (χ1v) is 19.8. The van der Waals surface area contributed by atoms with Crippen LogP contribution in [0.5, 0.6) is 34.6 Å². The van der Waals surface area contributed by atoms with Crippen LogP contribution < -0.4 is 44.4 Å². The molecule has 312 valence electrons. The monoisotopic (exact) mass is 871 g/mol. The summed E-state index contributed by atoms with van der Waals surface area (Å²) in [6.07, 6.45) is 1.66. The normalized spacial score (nSPS) is 10.9. The lowest BCUT2D eigenvalue weighted by Gasteiger charge is -2.16. The van der Waals surface area contributed by atoms with Crippen LogP contribution in [0.15, 0.2) is 97.2 Å². The molecular formula is C45H44Cl3N5O7. The number of carbonyl (C=O) groups excluding carboxylic acids is 1. The first-order valence-electron chi connectivity index (χ1n) is 18.7. The number of carbonyl (C=O) groups is 1. The maximum atomic E-state index is 13.3. The topological polar surface area (TPSA) is 134 Å². The molecule has 6 rings (SSSR count). The van der Waals surface area contributed by atoms with Gasteiger partial charge in [-0.15, -0.1) is 0 Å². The molecule has 0 fully saturated rings. The smallest absolute Gasteiger partial charge is 0.274 e. The number of nitrogens with one attached hydrogen (secondary N) is 3. The third-order valence-electron chi connectivity index (χ3n) is 9.40. The van der Waals surface area contributed by atoms with Gasteiger partial charge in [-0.3, -0.25) is 9.78 Å². The highest BCUT2D eigenvalue weighted by atomic mass is 35.5. The van der Waals surface area contributed by atoms with Gasteiger partial charge in [-0.2, -0.15) is 0 Å². The van der Waals surface area contributed by atoms with E-state index in [0.717, 1.165) is 22.3 Å². The molecule has 15 heteroatoms. The maximum absolute atomic E-state index is 13.3. The van der Waals surface area contributed by atoms with Crippen molar-refractivity contribution in [2.24, 2.45) is 0 Å². The van der Waals surface area contributed by atoms with Crippen LogP contribution >= 0.6 is 34.8 Å². The molecule has 0 aliphatic rings. The average molecular weight is 873 g/mol. The second-order valence-corrected chi connectivity index (χ2v) is 14.4. The zero-order chi connectivity index (χ0) is 42.6. The Hall–Kier alpha value is -5.76. The fourth-order valence-electron chi connectivity index (χ4n) is 6.29. The molecule has 0 spiro atoms. The summed E-state index contributed by atoms with van der Waals surface area (Å²) in [5.74, 6) is 3.03. The molecule has 0 radical (unpaired) electrons. The Morgan fingerprint density at radius 1 is 0.600 bits per heavy atom. The van der Waals surface area contributed by atoms with Crippen molar-refractivity contribution >= 4 is 46.4 Å². The number of amides is 1. The SMILES string of the molecule is COc1ccc(CNCc2ccc(C(=O)Nc3cccc(-c4cccc(OCc5nc(OC)c(CNCc6ccc(OC)c(OC)c6)cc5Cl)c4Cl)c3Cl)nc2)cc1OC. The van der Waals surface area contributed by atoms with Gasteiger partial charge in [-0.05, 0) is 65.2 Å². The summed E-state index contributed by atoms with van der Waals surface area (Å²) >= 11 is 20.5. The van der Waals surface area contributed by atoms with Crippen molar-refractivity contribution in [3.8, 4) is 45.8 Å². The zero-order valence-corrected chi connectivity index (χ0v) is 35.9. The quantitative estimate of drug-likeness (QED) is 0.0719. The Bertz CT molecular complexity index is 2440. The molecule has 0 atom stereocenters. The highest BCUT2D eigenvalue weighted by Crippen LogP contribution is 2.41. The average Bonchev–Trinajstić information content (AvgIpc) is 3.27. The molecule has 0 unspecified atom stereocenters. The van der Waals surface area contributed by atoms with Crippen molar-refractivity contribution in [2.75, 3.05) is 40.9 Å². The van der Waals surface area contributed by atoms with Crippen molar-refractivity contribution in [2.45, 2.75) is 32.8 Å². The molecule has 3 N–H and O–H groups in total. The Labute approximate surface area is 364 Å². The van der Waals surface area contributed by atoms with Gasteiger partial charge >= 0.3 is 0 Å². The summed E-state index contributed by atoms with van der Waals surface area (Å²) in [5, 5.41) is 10.7.